The summed E-state index contributed by atoms with van der Waals surface area (Å²) < 4.78 is 0. The third kappa shape index (κ3) is 4.38. The number of allylic oxidation sites excluding steroid dienone is 3. The van der Waals surface area contributed by atoms with Crippen LogP contribution in [-0.2, 0) is 0 Å². The highest BCUT2D eigenvalue weighted by molar-refractivity contribution is 4.93. The molecule has 0 aliphatic carbocycles. The van der Waals surface area contributed by atoms with Crippen LogP contribution < -0.4 is 0 Å². The molecule has 70 valence electrons. The monoisotopic (exact) mass is 166 g/mol. The quantitative estimate of drug-likeness (QED) is 0.519. The Morgan fingerprint density at radius 2 is 2.08 bits per heavy atom. The van der Waals surface area contributed by atoms with Crippen LogP contribution in [0.1, 0.15) is 40.0 Å². The van der Waals surface area contributed by atoms with Crippen molar-refractivity contribution in [2.75, 3.05) is 0 Å². The lowest BCUT2D eigenvalue weighted by Crippen LogP contribution is -2.06. The van der Waals surface area contributed by atoms with E-state index in [4.69, 9.17) is 0 Å². The van der Waals surface area contributed by atoms with Crippen LogP contribution >= 0.6 is 0 Å². The molecule has 0 aromatic carbocycles. The van der Waals surface area contributed by atoms with Crippen LogP contribution in [0.15, 0.2) is 24.8 Å². The minimum Gasteiger partial charge on any atom is -0.103 e. The largest absolute Gasteiger partial charge is 0.103 e. The highest BCUT2D eigenvalue weighted by Crippen LogP contribution is 2.20. The van der Waals surface area contributed by atoms with Gasteiger partial charge in [-0.05, 0) is 25.2 Å². The minimum atomic E-state index is 0.652. The lowest BCUT2D eigenvalue weighted by molar-refractivity contribution is 0.459. The molecule has 0 nitrogen and oxygen atoms in total. The summed E-state index contributed by atoms with van der Waals surface area (Å²) in [6.07, 6.45) is 10.4. The first-order valence-electron chi connectivity index (χ1n) is 5.01. The molecular formula is C12H22. The molecule has 0 heteroatoms. The number of unbranched alkanes of at least 4 members (excludes halogenated alkanes) is 1. The highest BCUT2D eigenvalue weighted by atomic mass is 14.1. The van der Waals surface area contributed by atoms with E-state index in [9.17, 15) is 0 Å². The smallest absolute Gasteiger partial charge is 0.0176 e. The van der Waals surface area contributed by atoms with Gasteiger partial charge in [-0.15, -0.1) is 6.58 Å². The van der Waals surface area contributed by atoms with E-state index in [0.29, 0.717) is 11.8 Å². The molecule has 0 aliphatic rings. The Kier molecular flexibility index (Phi) is 6.84. The van der Waals surface area contributed by atoms with Crippen molar-refractivity contribution in [2.45, 2.75) is 40.0 Å². The first kappa shape index (κ1) is 11.5. The first-order valence-corrected chi connectivity index (χ1v) is 5.01. The zero-order valence-electron chi connectivity index (χ0n) is 8.72. The molecule has 0 saturated carbocycles. The molecule has 2 unspecified atom stereocenters. The maximum absolute atomic E-state index is 3.88. The van der Waals surface area contributed by atoms with Crippen LogP contribution in [0.2, 0.25) is 0 Å². The second-order valence-corrected chi connectivity index (χ2v) is 3.43. The van der Waals surface area contributed by atoms with E-state index < -0.39 is 0 Å². The van der Waals surface area contributed by atoms with Crippen molar-refractivity contribution in [3.63, 3.8) is 0 Å². The molecule has 0 amide bonds. The van der Waals surface area contributed by atoms with Gasteiger partial charge in [0, 0.05) is 0 Å². The van der Waals surface area contributed by atoms with Gasteiger partial charge in [-0.25, -0.2) is 0 Å². The fourth-order valence-corrected chi connectivity index (χ4v) is 1.48. The molecule has 0 radical (unpaired) electrons. The van der Waals surface area contributed by atoms with Crippen molar-refractivity contribution in [3.8, 4) is 0 Å². The summed E-state index contributed by atoms with van der Waals surface area (Å²) >= 11 is 0. The van der Waals surface area contributed by atoms with Crippen molar-refractivity contribution in [3.05, 3.63) is 24.8 Å². The van der Waals surface area contributed by atoms with Crippen molar-refractivity contribution in [1.29, 1.82) is 0 Å². The van der Waals surface area contributed by atoms with E-state index in [1.807, 2.05) is 0 Å². The summed E-state index contributed by atoms with van der Waals surface area (Å²) in [5, 5.41) is 0. The fourth-order valence-electron chi connectivity index (χ4n) is 1.48. The molecule has 12 heavy (non-hydrogen) atoms. The Bertz CT molecular complexity index is 133. The highest BCUT2D eigenvalue weighted by Gasteiger charge is 2.09. The SMILES string of the molecule is C=CC(CCCC)C(C)/C=C\C. The Labute approximate surface area is 77.4 Å². The summed E-state index contributed by atoms with van der Waals surface area (Å²) in [6, 6.07) is 0. The van der Waals surface area contributed by atoms with Gasteiger partial charge in [-0.1, -0.05) is 44.9 Å². The van der Waals surface area contributed by atoms with Gasteiger partial charge in [0.2, 0.25) is 0 Å². The third-order valence-electron chi connectivity index (χ3n) is 2.37. The van der Waals surface area contributed by atoms with E-state index in [-0.39, 0.29) is 0 Å². The Balaban J connectivity index is 3.86. The van der Waals surface area contributed by atoms with Crippen LogP contribution in [0.3, 0.4) is 0 Å². The van der Waals surface area contributed by atoms with E-state index in [1.165, 1.54) is 19.3 Å². The lowest BCUT2D eigenvalue weighted by Gasteiger charge is -2.16. The summed E-state index contributed by atoms with van der Waals surface area (Å²) in [7, 11) is 0. The summed E-state index contributed by atoms with van der Waals surface area (Å²) in [6.45, 7) is 10.5. The van der Waals surface area contributed by atoms with E-state index in [1.54, 1.807) is 0 Å². The molecule has 2 atom stereocenters. The first-order chi connectivity index (χ1) is 5.76. The number of hydrogen-bond donors (Lipinski definition) is 0. The summed E-state index contributed by atoms with van der Waals surface area (Å²) in [4.78, 5) is 0. The van der Waals surface area contributed by atoms with E-state index in [0.717, 1.165) is 0 Å². The topological polar surface area (TPSA) is 0 Å². The van der Waals surface area contributed by atoms with E-state index >= 15 is 0 Å². The fraction of sp³-hybridized carbons (Fsp3) is 0.667. The maximum atomic E-state index is 3.88. The molecule has 0 fully saturated rings. The number of hydrogen-bond acceptors (Lipinski definition) is 0. The molecule has 0 N–H and O–H groups in total. The lowest BCUT2D eigenvalue weighted by atomic mass is 9.89. The van der Waals surface area contributed by atoms with Crippen LogP contribution in [0.4, 0.5) is 0 Å². The van der Waals surface area contributed by atoms with Gasteiger partial charge in [0.05, 0.1) is 0 Å². The van der Waals surface area contributed by atoms with Crippen molar-refractivity contribution in [1.82, 2.24) is 0 Å². The zero-order valence-corrected chi connectivity index (χ0v) is 8.72. The van der Waals surface area contributed by atoms with Crippen LogP contribution in [0.5, 0.6) is 0 Å². The molecule has 0 aromatic rings. The summed E-state index contributed by atoms with van der Waals surface area (Å²) in [5.41, 5.74) is 0. The standard InChI is InChI=1S/C12H22/c1-5-8-10-12(7-3)11(4)9-6-2/h6-7,9,11-12H,3,5,8,10H2,1-2,4H3/b9-6-. The predicted octanol–water partition coefficient (Wildman–Crippen LogP) is 4.19. The van der Waals surface area contributed by atoms with E-state index in [2.05, 4.69) is 45.6 Å². The molecule has 0 saturated heterocycles. The molecule has 0 aromatic heterocycles. The van der Waals surface area contributed by atoms with Gasteiger partial charge in [0.25, 0.3) is 0 Å². The maximum Gasteiger partial charge on any atom is -0.0176 e. The zero-order chi connectivity index (χ0) is 9.40. The second-order valence-electron chi connectivity index (χ2n) is 3.43. The van der Waals surface area contributed by atoms with Crippen molar-refractivity contribution < 1.29 is 0 Å². The van der Waals surface area contributed by atoms with Gasteiger partial charge in [-0.2, -0.15) is 0 Å². The second kappa shape index (κ2) is 7.15. The van der Waals surface area contributed by atoms with Crippen molar-refractivity contribution >= 4 is 0 Å². The average Bonchev–Trinajstić information content (AvgIpc) is 2.06. The molecule has 0 rings (SSSR count). The van der Waals surface area contributed by atoms with Gasteiger partial charge in [-0.3, -0.25) is 0 Å². The molecule has 0 heterocycles. The van der Waals surface area contributed by atoms with Gasteiger partial charge >= 0.3 is 0 Å². The third-order valence-corrected chi connectivity index (χ3v) is 2.37. The number of rotatable bonds is 6. The van der Waals surface area contributed by atoms with Crippen molar-refractivity contribution in [2.24, 2.45) is 11.8 Å². The molecule has 0 aliphatic heterocycles. The molecule has 0 spiro atoms. The normalized spacial score (nSPS) is 16.2. The Morgan fingerprint density at radius 1 is 1.42 bits per heavy atom. The Hall–Kier alpha value is -0.520. The van der Waals surface area contributed by atoms with Crippen LogP contribution in [-0.4, -0.2) is 0 Å². The predicted molar refractivity (Wildman–Crippen MR) is 57.2 cm³/mol. The van der Waals surface area contributed by atoms with Crippen LogP contribution in [0, 0.1) is 11.8 Å². The van der Waals surface area contributed by atoms with Gasteiger partial charge in [0.15, 0.2) is 0 Å². The summed E-state index contributed by atoms with van der Waals surface area (Å²) in [5.74, 6) is 1.32. The molecular weight excluding hydrogens is 144 g/mol. The molecule has 0 bridgehead atoms. The minimum absolute atomic E-state index is 0.652. The van der Waals surface area contributed by atoms with Gasteiger partial charge in [0.1, 0.15) is 0 Å². The Morgan fingerprint density at radius 3 is 2.50 bits per heavy atom. The average molecular weight is 166 g/mol. The van der Waals surface area contributed by atoms with Crippen LogP contribution in [0.25, 0.3) is 0 Å². The van der Waals surface area contributed by atoms with Gasteiger partial charge < -0.3 is 0 Å².